The first-order valence-corrected chi connectivity index (χ1v) is 13.0. The fourth-order valence-corrected chi connectivity index (χ4v) is 3.39. The van der Waals surface area contributed by atoms with Crippen LogP contribution in [0.25, 0.3) is 0 Å². The third-order valence-corrected chi connectivity index (χ3v) is 5.32. The van der Waals surface area contributed by atoms with Crippen molar-refractivity contribution in [3.8, 4) is 0 Å². The average Bonchev–Trinajstić information content (AvgIpc) is 2.49. The number of unbranched alkanes of at least 4 members (excludes halogenated alkanes) is 2. The van der Waals surface area contributed by atoms with Gasteiger partial charge >= 0.3 is 0 Å². The molecule has 0 aromatic heterocycles. The van der Waals surface area contributed by atoms with Gasteiger partial charge in [0, 0.05) is 13.7 Å². The molecule has 0 radical (unpaired) electrons. The van der Waals surface area contributed by atoms with Crippen LogP contribution in [0.4, 0.5) is 0 Å². The summed E-state index contributed by atoms with van der Waals surface area (Å²) in [6.45, 7) is 5.58. The largest absolute Gasteiger partial charge is 0.382 e. The van der Waals surface area contributed by atoms with E-state index in [0.29, 0.717) is 52.9 Å². The Kier molecular flexibility index (Phi) is 17.9. The van der Waals surface area contributed by atoms with E-state index in [1.807, 2.05) is 6.55 Å². The van der Waals surface area contributed by atoms with Crippen LogP contribution in [0.15, 0.2) is 0 Å². The van der Waals surface area contributed by atoms with Gasteiger partial charge in [-0.25, -0.2) is 0 Å². The Bertz CT molecular complexity index is 242. The van der Waals surface area contributed by atoms with Gasteiger partial charge in [0.2, 0.25) is 6.69 Å². The molecule has 0 aromatic carbocycles. The van der Waals surface area contributed by atoms with Gasteiger partial charge in [0.15, 0.2) is 0 Å². The van der Waals surface area contributed by atoms with Crippen LogP contribution in [-0.4, -0.2) is 73.3 Å². The Hall–Kier alpha value is 0.597. The standard InChI is InChI=1S/C15H32Cl2O5Si/c1-18-7-8-20-11-12-22-14-13-21-10-9-19-6-4-3-5-15-23(2,16)17/h3-15H2,1-2H3. The summed E-state index contributed by atoms with van der Waals surface area (Å²) in [5, 5.41) is 0. The molecule has 0 spiro atoms. The lowest BCUT2D eigenvalue weighted by atomic mass is 10.3. The molecule has 0 saturated heterocycles. The predicted molar refractivity (Wildman–Crippen MR) is 97.1 cm³/mol. The highest BCUT2D eigenvalue weighted by atomic mass is 35.7. The second kappa shape index (κ2) is 17.4. The number of rotatable bonds is 18. The van der Waals surface area contributed by atoms with Crippen molar-refractivity contribution in [2.75, 3.05) is 66.6 Å². The molecule has 0 rings (SSSR count). The highest BCUT2D eigenvalue weighted by Gasteiger charge is 2.19. The number of halogens is 2. The van der Waals surface area contributed by atoms with E-state index in [9.17, 15) is 0 Å². The summed E-state index contributed by atoms with van der Waals surface area (Å²) < 4.78 is 26.4. The Labute approximate surface area is 151 Å². The second-order valence-corrected chi connectivity index (χ2v) is 13.5. The lowest BCUT2D eigenvalue weighted by Gasteiger charge is -2.09. The summed E-state index contributed by atoms with van der Waals surface area (Å²) in [5.74, 6) is 0. The van der Waals surface area contributed by atoms with Gasteiger partial charge in [0.05, 0.1) is 52.9 Å². The summed E-state index contributed by atoms with van der Waals surface area (Å²) in [6, 6.07) is 0.955. The minimum absolute atomic E-state index is 0.577. The molecule has 0 amide bonds. The molecule has 5 nitrogen and oxygen atoms in total. The maximum absolute atomic E-state index is 6.04. The SMILES string of the molecule is COCCOCCOCCOCCOCCCCC[Si](C)(Cl)Cl. The van der Waals surface area contributed by atoms with E-state index in [-0.39, 0.29) is 0 Å². The molecule has 0 N–H and O–H groups in total. The topological polar surface area (TPSA) is 46.2 Å². The van der Waals surface area contributed by atoms with Crippen molar-refractivity contribution in [2.45, 2.75) is 31.9 Å². The highest BCUT2D eigenvalue weighted by Crippen LogP contribution is 2.22. The fourth-order valence-electron chi connectivity index (χ4n) is 1.72. The third-order valence-electron chi connectivity index (χ3n) is 2.95. The number of ether oxygens (including phenoxy) is 5. The fraction of sp³-hybridized carbons (Fsp3) is 1.00. The third kappa shape index (κ3) is 22.6. The van der Waals surface area contributed by atoms with Gasteiger partial charge in [-0.1, -0.05) is 12.8 Å². The summed E-state index contributed by atoms with van der Waals surface area (Å²) in [7, 11) is 1.65. The Morgan fingerprint density at radius 1 is 0.609 bits per heavy atom. The molecular formula is C15H32Cl2O5Si. The van der Waals surface area contributed by atoms with Gasteiger partial charge in [0.1, 0.15) is 0 Å². The smallest absolute Gasteiger partial charge is 0.248 e. The molecule has 0 aliphatic rings. The summed E-state index contributed by atoms with van der Waals surface area (Å²) in [5.41, 5.74) is 0. The lowest BCUT2D eigenvalue weighted by molar-refractivity contribution is -0.00799. The Morgan fingerprint density at radius 3 is 1.48 bits per heavy atom. The zero-order chi connectivity index (χ0) is 17.2. The van der Waals surface area contributed by atoms with Crippen LogP contribution in [0.5, 0.6) is 0 Å². The number of hydrogen-bond donors (Lipinski definition) is 0. The maximum Gasteiger partial charge on any atom is 0.248 e. The van der Waals surface area contributed by atoms with Crippen molar-refractivity contribution in [3.05, 3.63) is 0 Å². The first-order valence-electron chi connectivity index (χ1n) is 8.24. The molecule has 0 saturated carbocycles. The summed E-state index contributed by atoms with van der Waals surface area (Å²) in [6.07, 6.45) is 3.25. The molecule has 0 atom stereocenters. The number of methoxy groups -OCH3 is 1. The first kappa shape index (κ1) is 23.6. The Balaban J connectivity index is 3.00. The van der Waals surface area contributed by atoms with E-state index in [1.54, 1.807) is 7.11 Å². The molecule has 0 aromatic rings. The highest BCUT2D eigenvalue weighted by molar-refractivity contribution is 7.44. The van der Waals surface area contributed by atoms with Gasteiger partial charge in [0.25, 0.3) is 0 Å². The molecule has 0 aliphatic carbocycles. The minimum atomic E-state index is -1.91. The molecule has 0 unspecified atom stereocenters. The molecule has 23 heavy (non-hydrogen) atoms. The summed E-state index contributed by atoms with van der Waals surface area (Å²) >= 11 is 12.1. The van der Waals surface area contributed by atoms with Crippen molar-refractivity contribution in [2.24, 2.45) is 0 Å². The second-order valence-electron chi connectivity index (χ2n) is 5.32. The van der Waals surface area contributed by atoms with Crippen LogP contribution >= 0.6 is 22.2 Å². The molecule has 0 aliphatic heterocycles. The van der Waals surface area contributed by atoms with E-state index in [0.717, 1.165) is 31.9 Å². The van der Waals surface area contributed by atoms with Crippen molar-refractivity contribution < 1.29 is 23.7 Å². The van der Waals surface area contributed by atoms with Crippen molar-refractivity contribution >= 4 is 28.9 Å². The lowest BCUT2D eigenvalue weighted by Crippen LogP contribution is -2.13. The monoisotopic (exact) mass is 390 g/mol. The number of hydrogen-bond acceptors (Lipinski definition) is 5. The summed E-state index contributed by atoms with van der Waals surface area (Å²) in [4.78, 5) is 0. The molecule has 8 heteroatoms. The molecule has 0 fully saturated rings. The molecular weight excluding hydrogens is 359 g/mol. The quantitative estimate of drug-likeness (QED) is 0.204. The van der Waals surface area contributed by atoms with E-state index in [4.69, 9.17) is 45.8 Å². The van der Waals surface area contributed by atoms with Crippen LogP contribution in [0.1, 0.15) is 19.3 Å². The molecule has 140 valence electrons. The van der Waals surface area contributed by atoms with E-state index >= 15 is 0 Å². The zero-order valence-corrected chi connectivity index (χ0v) is 17.0. The van der Waals surface area contributed by atoms with Crippen LogP contribution in [0.3, 0.4) is 0 Å². The van der Waals surface area contributed by atoms with Crippen LogP contribution < -0.4 is 0 Å². The predicted octanol–water partition coefficient (Wildman–Crippen LogP) is 3.42. The Morgan fingerprint density at radius 2 is 1.04 bits per heavy atom. The minimum Gasteiger partial charge on any atom is -0.382 e. The van der Waals surface area contributed by atoms with E-state index in [2.05, 4.69) is 0 Å². The van der Waals surface area contributed by atoms with Crippen LogP contribution in [-0.2, 0) is 23.7 Å². The normalized spacial score (nSPS) is 12.0. The van der Waals surface area contributed by atoms with Crippen LogP contribution in [0.2, 0.25) is 12.6 Å². The van der Waals surface area contributed by atoms with Gasteiger partial charge in [-0.3, -0.25) is 0 Å². The first-order chi connectivity index (χ1) is 11.1. The van der Waals surface area contributed by atoms with Gasteiger partial charge < -0.3 is 23.7 Å². The van der Waals surface area contributed by atoms with Crippen molar-refractivity contribution in [1.82, 2.24) is 0 Å². The maximum atomic E-state index is 6.04. The van der Waals surface area contributed by atoms with Gasteiger partial charge in [-0.15, -0.1) is 22.2 Å². The zero-order valence-electron chi connectivity index (χ0n) is 14.5. The van der Waals surface area contributed by atoms with Crippen molar-refractivity contribution in [1.29, 1.82) is 0 Å². The van der Waals surface area contributed by atoms with Gasteiger partial charge in [-0.2, -0.15) is 0 Å². The van der Waals surface area contributed by atoms with Crippen molar-refractivity contribution in [3.63, 3.8) is 0 Å². The van der Waals surface area contributed by atoms with E-state index < -0.39 is 6.69 Å². The molecule has 0 bridgehead atoms. The van der Waals surface area contributed by atoms with E-state index in [1.165, 1.54) is 0 Å². The average molecular weight is 391 g/mol. The van der Waals surface area contributed by atoms with Crippen LogP contribution in [0, 0.1) is 0 Å². The van der Waals surface area contributed by atoms with Gasteiger partial charge in [-0.05, 0) is 19.0 Å². The molecule has 0 heterocycles.